The van der Waals surface area contributed by atoms with Gasteiger partial charge in [-0.3, -0.25) is 4.57 Å². The summed E-state index contributed by atoms with van der Waals surface area (Å²) in [6.45, 7) is 35.8. The Balaban J connectivity index is 0.00000651. The molecule has 0 spiro atoms. The van der Waals surface area contributed by atoms with Gasteiger partial charge in [0.05, 0.1) is 16.7 Å². The second-order valence-electron chi connectivity index (χ2n) is 29.0. The van der Waals surface area contributed by atoms with Gasteiger partial charge in [-0.25, -0.2) is 4.98 Å². The van der Waals surface area contributed by atoms with Crippen molar-refractivity contribution < 1.29 is 30.4 Å². The zero-order valence-corrected chi connectivity index (χ0v) is 52.6. The molecule has 0 amide bonds. The van der Waals surface area contributed by atoms with Crippen molar-refractivity contribution in [1.29, 1.82) is 0 Å². The molecular weight excluding hydrogens is 1170 g/mol. The Labute approximate surface area is 496 Å². The van der Waals surface area contributed by atoms with Crippen molar-refractivity contribution in [2.75, 3.05) is 0 Å². The van der Waals surface area contributed by atoms with Crippen LogP contribution in [0.25, 0.3) is 72.3 Å². The minimum Gasteiger partial charge on any atom is -0.510 e. The maximum absolute atomic E-state index is 6.88. The Hall–Kier alpha value is -6.55. The summed E-state index contributed by atoms with van der Waals surface area (Å²) in [5.74, 6) is 2.06. The van der Waals surface area contributed by atoms with Crippen molar-refractivity contribution in [2.45, 2.75) is 174 Å². The molecule has 3 aromatic heterocycles. The Morgan fingerprint density at radius 3 is 1.68 bits per heavy atom. The van der Waals surface area contributed by atoms with Gasteiger partial charge in [-0.15, -0.1) is 29.7 Å². The molecule has 416 valence electrons. The zero-order chi connectivity index (χ0) is 56.3. The van der Waals surface area contributed by atoms with Gasteiger partial charge in [0.15, 0.2) is 0 Å². The number of pyridine rings is 1. The van der Waals surface area contributed by atoms with Gasteiger partial charge in [0.2, 0.25) is 0 Å². The first-order valence-electron chi connectivity index (χ1n) is 29.3. The van der Waals surface area contributed by atoms with Crippen LogP contribution < -0.4 is 9.30 Å². The number of fused-ring (bicyclic) bond motifs is 7. The van der Waals surface area contributed by atoms with Crippen molar-refractivity contribution in [3.8, 4) is 50.9 Å². The molecule has 6 heteroatoms. The maximum atomic E-state index is 6.88. The monoisotopic (exact) mass is 1250 g/mol. The topological polar surface area (TPSA) is 35.9 Å². The summed E-state index contributed by atoms with van der Waals surface area (Å²) in [4.78, 5) is 4.93. The number of para-hydroxylation sites is 2. The van der Waals surface area contributed by atoms with Crippen LogP contribution in [-0.2, 0) is 59.0 Å². The number of aromatic nitrogens is 4. The fourth-order valence-corrected chi connectivity index (χ4v) is 14.6. The van der Waals surface area contributed by atoms with E-state index in [9.17, 15) is 0 Å². The van der Waals surface area contributed by atoms with E-state index >= 15 is 0 Å². The molecular formula is C75H78N4OPt-2. The Bertz CT molecular complexity index is 4090. The molecule has 3 heterocycles. The third-order valence-electron chi connectivity index (χ3n) is 19.3. The summed E-state index contributed by atoms with van der Waals surface area (Å²) < 4.78 is 13.7. The summed E-state index contributed by atoms with van der Waals surface area (Å²) in [5.41, 5.74) is 21.0. The van der Waals surface area contributed by atoms with Gasteiger partial charge in [0, 0.05) is 44.3 Å². The van der Waals surface area contributed by atoms with Crippen LogP contribution in [0.5, 0.6) is 11.5 Å². The normalized spacial score (nSPS) is 18.1. The van der Waals surface area contributed by atoms with Crippen LogP contribution in [-0.4, -0.2) is 14.1 Å². The van der Waals surface area contributed by atoms with Crippen LogP contribution >= 0.6 is 0 Å². The maximum Gasteiger partial charge on any atom is 0.268 e. The van der Waals surface area contributed by atoms with Crippen molar-refractivity contribution in [3.05, 3.63) is 197 Å². The molecule has 3 aliphatic rings. The van der Waals surface area contributed by atoms with E-state index in [1.807, 2.05) is 18.3 Å². The van der Waals surface area contributed by atoms with Gasteiger partial charge >= 0.3 is 0 Å². The summed E-state index contributed by atoms with van der Waals surface area (Å²) in [5, 5.41) is 2.24. The van der Waals surface area contributed by atoms with Crippen LogP contribution in [0.1, 0.15) is 175 Å². The van der Waals surface area contributed by atoms with Crippen LogP contribution in [0.15, 0.2) is 140 Å². The minimum absolute atomic E-state index is 0. The van der Waals surface area contributed by atoms with E-state index in [4.69, 9.17) is 9.72 Å². The minimum atomic E-state index is -0.0391. The number of hydrogen-bond acceptors (Lipinski definition) is 2. The number of rotatable bonds is 7. The summed E-state index contributed by atoms with van der Waals surface area (Å²) in [6, 6.07) is 57.4. The molecule has 0 N–H and O–H groups in total. The first-order chi connectivity index (χ1) is 37.7. The zero-order valence-electron chi connectivity index (χ0n) is 50.3. The molecule has 0 atom stereocenters. The molecule has 0 saturated heterocycles. The smallest absolute Gasteiger partial charge is 0.268 e. The van der Waals surface area contributed by atoms with E-state index in [1.165, 1.54) is 74.0 Å². The standard InChI is InChI=1S/C75H78N4O.Pt/c1-69(2,3)49-32-37-76-67(40-49)79-63-25-17-16-22-55(63)56-29-28-52(42-64(56)79)80-51-21-18-20-50(41-51)77-46-78(66-44-62-61(43-65(66)77)74(12,13)45-75(62,14)15)68-53(47-26-30-57-59(38-47)72(8,9)35-33-70(57,4)5)23-19-24-54(68)48-27-31-58-60(39-48)73(10,11)36-34-71(58,6)7;/h16-32,37-40,43-44H,33-36,45H2,1-15H3;/q-2;. The second kappa shape index (κ2) is 18.7. The van der Waals surface area contributed by atoms with Gasteiger partial charge in [-0.2, -0.15) is 18.2 Å². The van der Waals surface area contributed by atoms with E-state index in [0.717, 1.165) is 69.3 Å². The molecule has 0 aliphatic heterocycles. The van der Waals surface area contributed by atoms with Crippen molar-refractivity contribution in [2.24, 2.45) is 0 Å². The average molecular weight is 1250 g/mol. The fourth-order valence-electron chi connectivity index (χ4n) is 14.6. The SMILES string of the molecule is CC(C)(C)c1ccnc(-n2c3[c-]c(Oc4[c-]c(-n5[c-][n+](-c6c(-c7ccc8c(c7)C(C)(C)CCC8(C)C)cccc6-c6ccc7c(c6)C(C)(C)CCC7(C)C)c6cc7c(cc65)C(C)(C)CC7(C)C)ccc4)ccc3c3ccccc32)c1.[Pt]. The molecule has 0 fully saturated rings. The van der Waals surface area contributed by atoms with E-state index < -0.39 is 0 Å². The molecule has 13 rings (SSSR count). The number of ether oxygens (including phenoxy) is 1. The summed E-state index contributed by atoms with van der Waals surface area (Å²) in [6.07, 6.45) is 11.7. The van der Waals surface area contributed by atoms with E-state index in [0.29, 0.717) is 11.5 Å². The summed E-state index contributed by atoms with van der Waals surface area (Å²) >= 11 is 0. The third-order valence-corrected chi connectivity index (χ3v) is 19.3. The quantitative estimate of drug-likeness (QED) is 0.118. The van der Waals surface area contributed by atoms with E-state index in [-0.39, 0.29) is 59.0 Å². The van der Waals surface area contributed by atoms with E-state index in [2.05, 4.69) is 257 Å². The van der Waals surface area contributed by atoms with Gasteiger partial charge in [0.25, 0.3) is 6.33 Å². The second-order valence-corrected chi connectivity index (χ2v) is 29.0. The van der Waals surface area contributed by atoms with Crippen LogP contribution in [0.2, 0.25) is 0 Å². The molecule has 0 radical (unpaired) electrons. The fraction of sp³-hybridized carbons (Fsp3) is 0.360. The van der Waals surface area contributed by atoms with Crippen molar-refractivity contribution in [3.63, 3.8) is 0 Å². The molecule has 81 heavy (non-hydrogen) atoms. The predicted molar refractivity (Wildman–Crippen MR) is 331 cm³/mol. The number of hydrogen-bond donors (Lipinski definition) is 0. The Morgan fingerprint density at radius 2 is 1.06 bits per heavy atom. The van der Waals surface area contributed by atoms with Crippen LogP contribution in [0, 0.1) is 18.5 Å². The van der Waals surface area contributed by atoms with Crippen molar-refractivity contribution >= 4 is 32.8 Å². The number of imidazole rings is 1. The molecule has 0 unspecified atom stereocenters. The molecule has 3 aliphatic carbocycles. The van der Waals surface area contributed by atoms with Gasteiger partial charge < -0.3 is 13.9 Å². The number of benzene rings is 7. The van der Waals surface area contributed by atoms with Crippen LogP contribution in [0.4, 0.5) is 0 Å². The third kappa shape index (κ3) is 9.06. The first kappa shape index (κ1) is 55.0. The van der Waals surface area contributed by atoms with Gasteiger partial charge in [-0.05, 0) is 173 Å². The summed E-state index contributed by atoms with van der Waals surface area (Å²) in [7, 11) is 0. The predicted octanol–water partition coefficient (Wildman–Crippen LogP) is 18.9. The average Bonchev–Trinajstić information content (AvgIpc) is 2.75. The number of nitrogens with zero attached hydrogens (tertiary/aromatic N) is 4. The molecule has 10 aromatic rings. The Kier molecular flexibility index (Phi) is 12.7. The van der Waals surface area contributed by atoms with Crippen LogP contribution in [0.3, 0.4) is 0 Å². The van der Waals surface area contributed by atoms with E-state index in [1.54, 1.807) is 0 Å². The molecule has 0 bridgehead atoms. The van der Waals surface area contributed by atoms with Gasteiger partial charge in [0.1, 0.15) is 5.82 Å². The van der Waals surface area contributed by atoms with Gasteiger partial charge in [-0.1, -0.05) is 182 Å². The molecule has 5 nitrogen and oxygen atoms in total. The first-order valence-corrected chi connectivity index (χ1v) is 29.3. The Morgan fingerprint density at radius 1 is 0.506 bits per heavy atom. The molecule has 7 aromatic carbocycles. The van der Waals surface area contributed by atoms with Crippen molar-refractivity contribution in [1.82, 2.24) is 14.1 Å². The largest absolute Gasteiger partial charge is 0.510 e. The molecule has 0 saturated carbocycles.